The van der Waals surface area contributed by atoms with Crippen LogP contribution in [0.15, 0.2) is 0 Å². The van der Waals surface area contributed by atoms with Gasteiger partial charge in [0.1, 0.15) is 0 Å². The van der Waals surface area contributed by atoms with Crippen LogP contribution in [0.25, 0.3) is 0 Å². The summed E-state index contributed by atoms with van der Waals surface area (Å²) >= 11 is 0. The molecule has 15 heavy (non-hydrogen) atoms. The van der Waals surface area contributed by atoms with Gasteiger partial charge in [0.05, 0.1) is 29.3 Å². The van der Waals surface area contributed by atoms with E-state index in [0.717, 1.165) is 29.3 Å². The zero-order chi connectivity index (χ0) is 11.4. The number of aromatic nitrogens is 2. The number of nitrogens with zero attached hydrogens (tertiary/aromatic N) is 3. The van der Waals surface area contributed by atoms with Crippen molar-refractivity contribution in [2.45, 2.75) is 27.3 Å². The van der Waals surface area contributed by atoms with Gasteiger partial charge >= 0.3 is 0 Å². The van der Waals surface area contributed by atoms with Gasteiger partial charge in [-0.3, -0.25) is 14.9 Å². The van der Waals surface area contributed by atoms with Crippen molar-refractivity contribution in [1.29, 1.82) is 0 Å². The van der Waals surface area contributed by atoms with Gasteiger partial charge in [-0.05, 0) is 27.8 Å². The molecule has 0 unspecified atom stereocenters. The Balaban J connectivity index is 2.87. The number of hydrogen-bond donors (Lipinski definition) is 0. The Kier molecular flexibility index (Phi) is 3.81. The number of terminal acetylenes is 1. The van der Waals surface area contributed by atoms with Crippen molar-refractivity contribution in [1.82, 2.24) is 14.9 Å². The fourth-order valence-electron chi connectivity index (χ4n) is 1.38. The van der Waals surface area contributed by atoms with Crippen LogP contribution in [-0.4, -0.2) is 28.5 Å². The molecule has 0 aromatic carbocycles. The summed E-state index contributed by atoms with van der Waals surface area (Å²) in [6.45, 7) is 7.33. The first kappa shape index (κ1) is 11.7. The van der Waals surface area contributed by atoms with Crippen LogP contribution in [-0.2, 0) is 6.54 Å². The lowest BCUT2D eigenvalue weighted by Crippen LogP contribution is -2.20. The molecule has 0 amide bonds. The van der Waals surface area contributed by atoms with Crippen LogP contribution in [0, 0.1) is 33.1 Å². The van der Waals surface area contributed by atoms with E-state index in [4.69, 9.17) is 6.42 Å². The van der Waals surface area contributed by atoms with E-state index < -0.39 is 0 Å². The van der Waals surface area contributed by atoms with Crippen molar-refractivity contribution in [2.24, 2.45) is 0 Å². The summed E-state index contributed by atoms with van der Waals surface area (Å²) in [5, 5.41) is 0. The maximum absolute atomic E-state index is 5.25. The lowest BCUT2D eigenvalue weighted by Gasteiger charge is -2.14. The first-order valence-electron chi connectivity index (χ1n) is 4.97. The van der Waals surface area contributed by atoms with Crippen molar-refractivity contribution in [3.63, 3.8) is 0 Å². The van der Waals surface area contributed by atoms with E-state index in [1.54, 1.807) is 0 Å². The summed E-state index contributed by atoms with van der Waals surface area (Å²) in [4.78, 5) is 11.0. The molecular formula is C12H17N3. The van der Waals surface area contributed by atoms with Crippen LogP contribution in [0.5, 0.6) is 0 Å². The second kappa shape index (κ2) is 4.90. The van der Waals surface area contributed by atoms with Crippen LogP contribution < -0.4 is 0 Å². The van der Waals surface area contributed by atoms with Crippen molar-refractivity contribution in [3.05, 3.63) is 22.8 Å². The fraction of sp³-hybridized carbons (Fsp3) is 0.500. The topological polar surface area (TPSA) is 29.0 Å². The molecule has 0 saturated heterocycles. The van der Waals surface area contributed by atoms with E-state index in [-0.39, 0.29) is 0 Å². The molecule has 0 N–H and O–H groups in total. The summed E-state index contributed by atoms with van der Waals surface area (Å²) in [7, 11) is 1.98. The van der Waals surface area contributed by atoms with Crippen molar-refractivity contribution < 1.29 is 0 Å². The Morgan fingerprint density at radius 1 is 1.13 bits per heavy atom. The Labute approximate surface area is 91.5 Å². The minimum absolute atomic E-state index is 0.633. The standard InChI is InChI=1S/C12H17N3/c1-6-7-15(5)8-12-11(4)13-9(2)10(3)14-12/h1H,7-8H2,2-5H3. The molecule has 0 spiro atoms. The first-order chi connectivity index (χ1) is 7.04. The van der Waals surface area contributed by atoms with Gasteiger partial charge in [0.25, 0.3) is 0 Å². The molecule has 3 nitrogen and oxygen atoms in total. The van der Waals surface area contributed by atoms with Gasteiger partial charge in [0, 0.05) is 6.54 Å². The van der Waals surface area contributed by atoms with Crippen LogP contribution in [0.2, 0.25) is 0 Å². The lowest BCUT2D eigenvalue weighted by atomic mass is 10.2. The Bertz CT molecular complexity index is 391. The summed E-state index contributed by atoms with van der Waals surface area (Å²) in [5.41, 5.74) is 3.98. The Morgan fingerprint density at radius 2 is 1.73 bits per heavy atom. The highest BCUT2D eigenvalue weighted by Gasteiger charge is 2.07. The second-order valence-corrected chi connectivity index (χ2v) is 3.80. The maximum atomic E-state index is 5.25. The van der Waals surface area contributed by atoms with Crippen LogP contribution in [0.3, 0.4) is 0 Å². The lowest BCUT2D eigenvalue weighted by molar-refractivity contribution is 0.362. The molecule has 0 saturated carbocycles. The minimum atomic E-state index is 0.633. The molecule has 0 aliphatic heterocycles. The molecule has 1 heterocycles. The highest BCUT2D eigenvalue weighted by Crippen LogP contribution is 2.08. The number of aryl methyl sites for hydroxylation is 3. The van der Waals surface area contributed by atoms with E-state index in [9.17, 15) is 0 Å². The number of hydrogen-bond acceptors (Lipinski definition) is 3. The number of rotatable bonds is 3. The average Bonchev–Trinajstić information content (AvgIpc) is 2.14. The van der Waals surface area contributed by atoms with Crippen LogP contribution >= 0.6 is 0 Å². The van der Waals surface area contributed by atoms with Gasteiger partial charge in [-0.2, -0.15) is 0 Å². The molecule has 1 rings (SSSR count). The smallest absolute Gasteiger partial charge is 0.0759 e. The van der Waals surface area contributed by atoms with Gasteiger partial charge in [0.15, 0.2) is 0 Å². The molecule has 1 aromatic rings. The Morgan fingerprint density at radius 3 is 2.33 bits per heavy atom. The van der Waals surface area contributed by atoms with E-state index >= 15 is 0 Å². The van der Waals surface area contributed by atoms with Crippen LogP contribution in [0.1, 0.15) is 22.8 Å². The molecule has 0 aliphatic carbocycles. The van der Waals surface area contributed by atoms with Crippen molar-refractivity contribution in [2.75, 3.05) is 13.6 Å². The normalized spacial score (nSPS) is 10.4. The average molecular weight is 203 g/mol. The molecular weight excluding hydrogens is 186 g/mol. The highest BCUT2D eigenvalue weighted by atomic mass is 15.1. The quantitative estimate of drug-likeness (QED) is 0.697. The van der Waals surface area contributed by atoms with E-state index in [1.165, 1.54) is 0 Å². The molecule has 0 fully saturated rings. The Hall–Kier alpha value is -1.40. The molecule has 0 bridgehead atoms. The van der Waals surface area contributed by atoms with Gasteiger partial charge in [-0.15, -0.1) is 6.42 Å². The summed E-state index contributed by atoms with van der Waals surface area (Å²) in [6, 6.07) is 0. The summed E-state index contributed by atoms with van der Waals surface area (Å²) in [5.74, 6) is 2.61. The molecule has 3 heteroatoms. The van der Waals surface area contributed by atoms with E-state index in [1.807, 2.05) is 32.7 Å². The predicted octanol–water partition coefficient (Wildman–Crippen LogP) is 1.47. The molecule has 80 valence electrons. The molecule has 0 aliphatic rings. The van der Waals surface area contributed by atoms with Crippen molar-refractivity contribution in [3.8, 4) is 12.3 Å². The summed E-state index contributed by atoms with van der Waals surface area (Å²) in [6.07, 6.45) is 5.25. The van der Waals surface area contributed by atoms with E-state index in [2.05, 4.69) is 15.9 Å². The zero-order valence-electron chi connectivity index (χ0n) is 9.83. The molecule has 0 radical (unpaired) electrons. The van der Waals surface area contributed by atoms with Crippen LogP contribution in [0.4, 0.5) is 0 Å². The third kappa shape index (κ3) is 3.03. The van der Waals surface area contributed by atoms with E-state index in [0.29, 0.717) is 6.54 Å². The molecule has 1 aromatic heterocycles. The zero-order valence-corrected chi connectivity index (χ0v) is 9.83. The molecule has 0 atom stereocenters. The third-order valence-electron chi connectivity index (χ3n) is 2.36. The summed E-state index contributed by atoms with van der Waals surface area (Å²) < 4.78 is 0. The highest BCUT2D eigenvalue weighted by molar-refractivity contribution is 5.17. The largest absolute Gasteiger partial charge is 0.289 e. The van der Waals surface area contributed by atoms with Gasteiger partial charge < -0.3 is 0 Å². The SMILES string of the molecule is C#CCN(C)Cc1nc(C)c(C)nc1C. The van der Waals surface area contributed by atoms with Gasteiger partial charge in [-0.25, -0.2) is 0 Å². The third-order valence-corrected chi connectivity index (χ3v) is 2.36. The predicted molar refractivity (Wildman–Crippen MR) is 61.4 cm³/mol. The second-order valence-electron chi connectivity index (χ2n) is 3.80. The van der Waals surface area contributed by atoms with Gasteiger partial charge in [0.2, 0.25) is 0 Å². The first-order valence-corrected chi connectivity index (χ1v) is 4.97. The fourth-order valence-corrected chi connectivity index (χ4v) is 1.38. The van der Waals surface area contributed by atoms with Crippen molar-refractivity contribution >= 4 is 0 Å². The minimum Gasteiger partial charge on any atom is -0.289 e. The van der Waals surface area contributed by atoms with Gasteiger partial charge in [-0.1, -0.05) is 5.92 Å². The maximum Gasteiger partial charge on any atom is 0.0759 e. The monoisotopic (exact) mass is 203 g/mol.